The van der Waals surface area contributed by atoms with Gasteiger partial charge in [0.25, 0.3) is 0 Å². The van der Waals surface area contributed by atoms with Crippen LogP contribution in [0.25, 0.3) is 0 Å². The number of hydrogen-bond donors (Lipinski definition) is 3. The van der Waals surface area contributed by atoms with Crippen LogP contribution in [-0.2, 0) is 4.79 Å². The van der Waals surface area contributed by atoms with Crippen LogP contribution in [-0.4, -0.2) is 30.6 Å². The van der Waals surface area contributed by atoms with Crippen LogP contribution in [0, 0.1) is 5.82 Å². The van der Waals surface area contributed by atoms with Gasteiger partial charge in [-0.05, 0) is 54.8 Å². The molecule has 0 radical (unpaired) electrons. The van der Waals surface area contributed by atoms with Gasteiger partial charge in [0.2, 0.25) is 5.91 Å². The Morgan fingerprint density at radius 3 is 2.38 bits per heavy atom. The van der Waals surface area contributed by atoms with Gasteiger partial charge in [0.05, 0.1) is 7.11 Å². The third-order valence-corrected chi connectivity index (χ3v) is 5.94. The lowest BCUT2D eigenvalue weighted by molar-refractivity contribution is -0.121. The van der Waals surface area contributed by atoms with Gasteiger partial charge in [0, 0.05) is 17.1 Å². The smallest absolute Gasteiger partial charge is 0.319 e. The Bertz CT molecular complexity index is 893. The fourth-order valence-corrected chi connectivity index (χ4v) is 4.63. The molecule has 0 aromatic heterocycles. The van der Waals surface area contributed by atoms with Gasteiger partial charge < -0.3 is 20.7 Å². The zero-order chi connectivity index (χ0) is 20.4. The van der Waals surface area contributed by atoms with E-state index in [4.69, 9.17) is 4.74 Å². The normalized spacial score (nSPS) is 22.3. The average Bonchev–Trinajstić information content (AvgIpc) is 3.28. The Hall–Kier alpha value is -3.09. The molecule has 1 saturated heterocycles. The minimum absolute atomic E-state index is 0.178. The van der Waals surface area contributed by atoms with Gasteiger partial charge in [-0.25, -0.2) is 9.18 Å². The van der Waals surface area contributed by atoms with Crippen LogP contribution in [0.2, 0.25) is 0 Å². The molecule has 1 spiro atoms. The van der Waals surface area contributed by atoms with Crippen molar-refractivity contribution in [2.75, 3.05) is 12.4 Å². The van der Waals surface area contributed by atoms with Crippen LogP contribution in [0.4, 0.5) is 14.9 Å². The zero-order valence-corrected chi connectivity index (χ0v) is 16.2. The van der Waals surface area contributed by atoms with Crippen LogP contribution in [0.1, 0.15) is 37.2 Å². The Morgan fingerprint density at radius 2 is 1.76 bits per heavy atom. The van der Waals surface area contributed by atoms with Crippen molar-refractivity contribution in [3.8, 4) is 5.75 Å². The minimum atomic E-state index is -0.693. The molecule has 3 amide bonds. The van der Waals surface area contributed by atoms with Crippen LogP contribution in [0.3, 0.4) is 0 Å². The molecule has 6 nitrogen and oxygen atoms in total. The van der Waals surface area contributed by atoms with Crippen molar-refractivity contribution in [3.63, 3.8) is 0 Å². The summed E-state index contributed by atoms with van der Waals surface area (Å²) in [4.78, 5) is 25.4. The van der Waals surface area contributed by atoms with E-state index in [1.807, 2.05) is 24.3 Å². The molecule has 2 fully saturated rings. The summed E-state index contributed by atoms with van der Waals surface area (Å²) in [6.45, 7) is 0. The predicted molar refractivity (Wildman–Crippen MR) is 107 cm³/mol. The van der Waals surface area contributed by atoms with Crippen molar-refractivity contribution >= 4 is 17.6 Å². The summed E-state index contributed by atoms with van der Waals surface area (Å²) in [7, 11) is 1.61. The van der Waals surface area contributed by atoms with Gasteiger partial charge in [-0.15, -0.1) is 0 Å². The second-order valence-corrected chi connectivity index (χ2v) is 7.69. The van der Waals surface area contributed by atoms with Crippen LogP contribution in [0.5, 0.6) is 5.75 Å². The molecule has 1 aliphatic carbocycles. The number of carbonyl (C=O) groups is 2. The van der Waals surface area contributed by atoms with Crippen LogP contribution in [0.15, 0.2) is 48.5 Å². The van der Waals surface area contributed by atoms with E-state index in [1.165, 1.54) is 24.3 Å². The largest absolute Gasteiger partial charge is 0.497 e. The fraction of sp³-hybridized carbons (Fsp3) is 0.364. The van der Waals surface area contributed by atoms with E-state index in [-0.39, 0.29) is 23.2 Å². The molecule has 7 heteroatoms. The molecule has 29 heavy (non-hydrogen) atoms. The van der Waals surface area contributed by atoms with E-state index in [2.05, 4.69) is 16.0 Å². The van der Waals surface area contributed by atoms with E-state index in [0.29, 0.717) is 5.69 Å². The Balaban J connectivity index is 1.58. The number of rotatable bonds is 4. The summed E-state index contributed by atoms with van der Waals surface area (Å²) in [6, 6.07) is 12.0. The van der Waals surface area contributed by atoms with Gasteiger partial charge in [0.1, 0.15) is 17.6 Å². The second-order valence-electron chi connectivity index (χ2n) is 7.69. The topological polar surface area (TPSA) is 79.5 Å². The van der Waals surface area contributed by atoms with Gasteiger partial charge in [-0.3, -0.25) is 4.79 Å². The van der Waals surface area contributed by atoms with Crippen molar-refractivity contribution < 1.29 is 18.7 Å². The molecule has 1 heterocycles. The number of halogens is 1. The Morgan fingerprint density at radius 1 is 1.10 bits per heavy atom. The van der Waals surface area contributed by atoms with Crippen molar-refractivity contribution in [2.45, 2.75) is 43.2 Å². The first-order valence-electron chi connectivity index (χ1n) is 9.80. The van der Waals surface area contributed by atoms with E-state index in [9.17, 15) is 14.0 Å². The van der Waals surface area contributed by atoms with Crippen LogP contribution >= 0.6 is 0 Å². The van der Waals surface area contributed by atoms with Gasteiger partial charge in [0.15, 0.2) is 0 Å². The lowest BCUT2D eigenvalue weighted by atomic mass is 9.77. The summed E-state index contributed by atoms with van der Waals surface area (Å²) in [5, 5.41) is 8.67. The molecule has 2 aromatic carbocycles. The quantitative estimate of drug-likeness (QED) is 0.738. The zero-order valence-electron chi connectivity index (χ0n) is 16.2. The lowest BCUT2D eigenvalue weighted by Crippen LogP contribution is -2.45. The average molecular weight is 397 g/mol. The van der Waals surface area contributed by atoms with Gasteiger partial charge >= 0.3 is 6.03 Å². The monoisotopic (exact) mass is 397 g/mol. The number of hydrogen-bond acceptors (Lipinski definition) is 3. The third-order valence-electron chi connectivity index (χ3n) is 5.94. The molecular weight excluding hydrogens is 373 g/mol. The summed E-state index contributed by atoms with van der Waals surface area (Å²) >= 11 is 0. The number of carbonyl (C=O) groups excluding carboxylic acids is 2. The van der Waals surface area contributed by atoms with Crippen molar-refractivity contribution in [2.24, 2.45) is 0 Å². The maximum atomic E-state index is 13.1. The number of nitrogens with one attached hydrogen (secondary N) is 3. The van der Waals surface area contributed by atoms with E-state index in [1.54, 1.807) is 7.11 Å². The summed E-state index contributed by atoms with van der Waals surface area (Å²) < 4.78 is 18.3. The number of methoxy groups -OCH3 is 1. The first kappa shape index (κ1) is 19.2. The van der Waals surface area contributed by atoms with Gasteiger partial charge in [-0.2, -0.15) is 0 Å². The number of ether oxygens (including phenoxy) is 1. The first-order valence-corrected chi connectivity index (χ1v) is 9.80. The molecule has 1 saturated carbocycles. The van der Waals surface area contributed by atoms with E-state index < -0.39 is 12.1 Å². The second kappa shape index (κ2) is 7.73. The van der Waals surface area contributed by atoms with Crippen molar-refractivity contribution in [1.29, 1.82) is 0 Å². The molecule has 2 aromatic rings. The van der Waals surface area contributed by atoms with Gasteiger partial charge in [-0.1, -0.05) is 25.0 Å². The molecule has 152 valence electrons. The molecule has 1 aliphatic heterocycles. The molecule has 1 unspecified atom stereocenters. The number of anilines is 1. The maximum Gasteiger partial charge on any atom is 0.319 e. The SMILES string of the molecule is COc1ccc([C@H]2C(NC(=O)Nc3ccc(F)cc3)C(=O)NC23CCCC3)cc1. The number of urea groups is 1. The molecular formula is C22H24FN3O3. The standard InChI is InChI=1S/C22H24FN3O3/c1-29-17-10-4-14(5-11-17)18-19(20(27)26-22(18)12-2-3-13-22)25-21(28)24-16-8-6-15(23)7-9-16/h4-11,18-19H,2-3,12-13H2,1H3,(H,26,27)(H2,24,25,28)/t18-,19?/m0/s1. The fourth-order valence-electron chi connectivity index (χ4n) is 4.63. The number of benzene rings is 2. The van der Waals surface area contributed by atoms with E-state index in [0.717, 1.165) is 37.0 Å². The third kappa shape index (κ3) is 3.77. The van der Waals surface area contributed by atoms with Crippen molar-refractivity contribution in [1.82, 2.24) is 10.6 Å². The minimum Gasteiger partial charge on any atom is -0.497 e. The lowest BCUT2D eigenvalue weighted by Gasteiger charge is -2.33. The summed E-state index contributed by atoms with van der Waals surface area (Å²) in [6.07, 6.45) is 3.85. The summed E-state index contributed by atoms with van der Waals surface area (Å²) in [5.41, 5.74) is 1.09. The Kier molecular flexibility index (Phi) is 5.13. The highest BCUT2D eigenvalue weighted by molar-refractivity contribution is 5.96. The molecule has 2 atom stereocenters. The van der Waals surface area contributed by atoms with Crippen LogP contribution < -0.4 is 20.7 Å². The molecule has 0 bridgehead atoms. The molecule has 4 rings (SSSR count). The molecule has 2 aliphatic rings. The Labute approximate surface area is 168 Å². The van der Waals surface area contributed by atoms with E-state index >= 15 is 0 Å². The summed E-state index contributed by atoms with van der Waals surface area (Å²) in [5.74, 6) is 0.00304. The first-order chi connectivity index (χ1) is 14.0. The highest BCUT2D eigenvalue weighted by Gasteiger charge is 2.55. The maximum absolute atomic E-state index is 13.1. The van der Waals surface area contributed by atoms with Crippen molar-refractivity contribution in [3.05, 3.63) is 59.9 Å². The highest BCUT2D eigenvalue weighted by Crippen LogP contribution is 2.47. The molecule has 3 N–H and O–H groups in total. The highest BCUT2D eigenvalue weighted by atomic mass is 19.1. The number of amides is 3. The predicted octanol–water partition coefficient (Wildman–Crippen LogP) is 3.55.